The highest BCUT2D eigenvalue weighted by Gasteiger charge is 2.22. The summed E-state index contributed by atoms with van der Waals surface area (Å²) in [4.78, 5) is 22.6. The highest BCUT2D eigenvalue weighted by atomic mass is 16.5. The predicted molar refractivity (Wildman–Crippen MR) is 76.4 cm³/mol. The molecule has 5 heteroatoms. The first kappa shape index (κ1) is 15.8. The van der Waals surface area contributed by atoms with E-state index in [4.69, 9.17) is 9.84 Å². The number of nitrogens with one attached hydrogen (secondary N) is 1. The van der Waals surface area contributed by atoms with Crippen LogP contribution in [0.2, 0.25) is 0 Å². The van der Waals surface area contributed by atoms with E-state index in [1.54, 1.807) is 51.3 Å². The van der Waals surface area contributed by atoms with E-state index >= 15 is 0 Å². The summed E-state index contributed by atoms with van der Waals surface area (Å²) >= 11 is 0. The van der Waals surface area contributed by atoms with Crippen molar-refractivity contribution in [3.63, 3.8) is 0 Å². The molecule has 1 unspecified atom stereocenters. The number of methoxy groups -OCH3 is 1. The van der Waals surface area contributed by atoms with Gasteiger partial charge in [0.1, 0.15) is 11.8 Å². The van der Waals surface area contributed by atoms with Gasteiger partial charge in [-0.2, -0.15) is 0 Å². The van der Waals surface area contributed by atoms with Crippen LogP contribution in [0.4, 0.5) is 0 Å². The standard InChI is InChI=1S/C15H19NO4/c1-10(2)14(15(18)19)16-13(17)9-6-11-4-7-12(20-3)8-5-11/h4-10,14H,1-3H3,(H,16,17)(H,18,19)/b9-6+. The quantitative estimate of drug-likeness (QED) is 0.779. The van der Waals surface area contributed by atoms with Crippen LogP contribution >= 0.6 is 0 Å². The van der Waals surface area contributed by atoms with Crippen molar-refractivity contribution in [3.8, 4) is 5.75 Å². The largest absolute Gasteiger partial charge is 0.497 e. The molecule has 1 rings (SSSR count). The summed E-state index contributed by atoms with van der Waals surface area (Å²) in [5.74, 6) is -0.906. The number of amides is 1. The molecule has 1 atom stereocenters. The van der Waals surface area contributed by atoms with Gasteiger partial charge in [-0.05, 0) is 29.7 Å². The third-order valence-electron chi connectivity index (χ3n) is 2.77. The van der Waals surface area contributed by atoms with Gasteiger partial charge in [0, 0.05) is 6.08 Å². The zero-order valence-electron chi connectivity index (χ0n) is 11.8. The highest BCUT2D eigenvalue weighted by Crippen LogP contribution is 2.12. The van der Waals surface area contributed by atoms with Crippen LogP contribution < -0.4 is 10.1 Å². The molecule has 2 N–H and O–H groups in total. The Bertz CT molecular complexity index is 491. The second kappa shape index (κ2) is 7.33. The van der Waals surface area contributed by atoms with E-state index in [0.29, 0.717) is 0 Å². The first-order chi connectivity index (χ1) is 9.43. The average molecular weight is 277 g/mol. The van der Waals surface area contributed by atoms with E-state index in [-0.39, 0.29) is 5.92 Å². The van der Waals surface area contributed by atoms with Gasteiger partial charge in [0.2, 0.25) is 5.91 Å². The number of rotatable bonds is 6. The van der Waals surface area contributed by atoms with Gasteiger partial charge in [-0.3, -0.25) is 4.79 Å². The van der Waals surface area contributed by atoms with Gasteiger partial charge in [-0.15, -0.1) is 0 Å². The van der Waals surface area contributed by atoms with Crippen molar-refractivity contribution in [2.75, 3.05) is 7.11 Å². The molecule has 0 radical (unpaired) electrons. The molecule has 1 amide bonds. The van der Waals surface area contributed by atoms with Gasteiger partial charge in [0.15, 0.2) is 0 Å². The summed E-state index contributed by atoms with van der Waals surface area (Å²) in [6.07, 6.45) is 2.94. The molecule has 0 aromatic heterocycles. The topological polar surface area (TPSA) is 75.6 Å². The third-order valence-corrected chi connectivity index (χ3v) is 2.77. The first-order valence-corrected chi connectivity index (χ1v) is 6.29. The lowest BCUT2D eigenvalue weighted by molar-refractivity contribution is -0.142. The van der Waals surface area contributed by atoms with E-state index in [1.807, 2.05) is 0 Å². The molecule has 0 aliphatic heterocycles. The summed E-state index contributed by atoms with van der Waals surface area (Å²) in [5, 5.41) is 11.4. The maximum Gasteiger partial charge on any atom is 0.326 e. The minimum atomic E-state index is -1.04. The van der Waals surface area contributed by atoms with Gasteiger partial charge in [0.05, 0.1) is 7.11 Å². The molecule has 20 heavy (non-hydrogen) atoms. The molecule has 5 nitrogen and oxygen atoms in total. The van der Waals surface area contributed by atoms with Crippen molar-refractivity contribution in [2.24, 2.45) is 5.92 Å². The number of benzene rings is 1. The van der Waals surface area contributed by atoms with E-state index in [2.05, 4.69) is 5.32 Å². The maximum absolute atomic E-state index is 11.7. The number of carbonyl (C=O) groups excluding carboxylic acids is 1. The Labute approximate surface area is 118 Å². The molecule has 1 aromatic rings. The molecule has 1 aromatic carbocycles. The smallest absolute Gasteiger partial charge is 0.326 e. The third kappa shape index (κ3) is 4.76. The summed E-state index contributed by atoms with van der Waals surface area (Å²) < 4.78 is 5.03. The number of ether oxygens (including phenoxy) is 1. The molecule has 0 heterocycles. The van der Waals surface area contributed by atoms with Crippen molar-refractivity contribution in [1.82, 2.24) is 5.32 Å². The van der Waals surface area contributed by atoms with Gasteiger partial charge < -0.3 is 15.2 Å². The zero-order valence-corrected chi connectivity index (χ0v) is 11.8. The van der Waals surface area contributed by atoms with Crippen molar-refractivity contribution >= 4 is 18.0 Å². The minimum absolute atomic E-state index is 0.175. The molecule has 108 valence electrons. The molecule has 0 aliphatic rings. The van der Waals surface area contributed by atoms with Crippen molar-refractivity contribution < 1.29 is 19.4 Å². The van der Waals surface area contributed by atoms with Gasteiger partial charge >= 0.3 is 5.97 Å². The van der Waals surface area contributed by atoms with Crippen LogP contribution in [-0.4, -0.2) is 30.1 Å². The highest BCUT2D eigenvalue weighted by molar-refractivity contribution is 5.94. The Kier molecular flexibility index (Phi) is 5.77. The van der Waals surface area contributed by atoms with Crippen molar-refractivity contribution in [3.05, 3.63) is 35.9 Å². The molecular formula is C15H19NO4. The van der Waals surface area contributed by atoms with Crippen LogP contribution in [0.15, 0.2) is 30.3 Å². The van der Waals surface area contributed by atoms with Gasteiger partial charge in [-0.25, -0.2) is 4.79 Å². The Morgan fingerprint density at radius 1 is 1.25 bits per heavy atom. The van der Waals surface area contributed by atoms with E-state index in [0.717, 1.165) is 11.3 Å². The van der Waals surface area contributed by atoms with Crippen LogP contribution in [0.25, 0.3) is 6.08 Å². The predicted octanol–water partition coefficient (Wildman–Crippen LogP) is 1.93. The summed E-state index contributed by atoms with van der Waals surface area (Å²) in [6, 6.07) is 6.29. The SMILES string of the molecule is COc1ccc(/C=C/C(=O)NC(C(=O)O)C(C)C)cc1. The molecule has 0 saturated carbocycles. The lowest BCUT2D eigenvalue weighted by Crippen LogP contribution is -2.43. The molecule has 0 spiro atoms. The number of carboxylic acids is 1. The van der Waals surface area contributed by atoms with Crippen molar-refractivity contribution in [1.29, 1.82) is 0 Å². The summed E-state index contributed by atoms with van der Waals surface area (Å²) in [5.41, 5.74) is 0.831. The second-order valence-electron chi connectivity index (χ2n) is 4.68. The second-order valence-corrected chi connectivity index (χ2v) is 4.68. The number of hydrogen-bond acceptors (Lipinski definition) is 3. The minimum Gasteiger partial charge on any atom is -0.497 e. The molecule has 0 saturated heterocycles. The van der Waals surface area contributed by atoms with E-state index < -0.39 is 17.9 Å². The zero-order chi connectivity index (χ0) is 15.1. The lowest BCUT2D eigenvalue weighted by atomic mass is 10.0. The molecular weight excluding hydrogens is 258 g/mol. The fourth-order valence-electron chi connectivity index (χ4n) is 1.60. The van der Waals surface area contributed by atoms with Crippen LogP contribution in [0.3, 0.4) is 0 Å². The Hall–Kier alpha value is -2.30. The van der Waals surface area contributed by atoms with Crippen LogP contribution in [0, 0.1) is 5.92 Å². The van der Waals surface area contributed by atoms with Gasteiger partial charge in [-0.1, -0.05) is 26.0 Å². The number of hydrogen-bond donors (Lipinski definition) is 2. The first-order valence-electron chi connectivity index (χ1n) is 6.29. The summed E-state index contributed by atoms with van der Waals surface area (Å²) in [6.45, 7) is 3.48. The number of carbonyl (C=O) groups is 2. The number of carboxylic acid groups (broad SMARTS) is 1. The maximum atomic E-state index is 11.7. The van der Waals surface area contributed by atoms with Crippen LogP contribution in [0.1, 0.15) is 19.4 Å². The Morgan fingerprint density at radius 3 is 2.30 bits per heavy atom. The number of aliphatic carboxylic acids is 1. The van der Waals surface area contributed by atoms with Crippen LogP contribution in [-0.2, 0) is 9.59 Å². The van der Waals surface area contributed by atoms with Gasteiger partial charge in [0.25, 0.3) is 0 Å². The fraction of sp³-hybridized carbons (Fsp3) is 0.333. The molecule has 0 fully saturated rings. The van der Waals surface area contributed by atoms with Crippen LogP contribution in [0.5, 0.6) is 5.75 Å². The Balaban J connectivity index is 2.64. The normalized spacial score (nSPS) is 12.4. The summed E-state index contributed by atoms with van der Waals surface area (Å²) in [7, 11) is 1.58. The molecule has 0 bridgehead atoms. The Morgan fingerprint density at radius 2 is 1.85 bits per heavy atom. The molecule has 0 aliphatic carbocycles. The monoisotopic (exact) mass is 277 g/mol. The van der Waals surface area contributed by atoms with E-state index in [9.17, 15) is 9.59 Å². The average Bonchev–Trinajstić information content (AvgIpc) is 2.42. The lowest BCUT2D eigenvalue weighted by Gasteiger charge is -2.16. The van der Waals surface area contributed by atoms with Crippen molar-refractivity contribution in [2.45, 2.75) is 19.9 Å². The van der Waals surface area contributed by atoms with E-state index in [1.165, 1.54) is 6.08 Å². The fourth-order valence-corrected chi connectivity index (χ4v) is 1.60.